The van der Waals surface area contributed by atoms with Crippen LogP contribution >= 0.6 is 11.3 Å². The van der Waals surface area contributed by atoms with Gasteiger partial charge in [0.1, 0.15) is 17.1 Å². The Bertz CT molecular complexity index is 1090. The molecule has 2 aromatic carbocycles. The van der Waals surface area contributed by atoms with Gasteiger partial charge in [-0.25, -0.2) is 9.78 Å². The molecule has 0 aliphatic heterocycles. The van der Waals surface area contributed by atoms with Crippen molar-refractivity contribution in [1.82, 2.24) is 4.98 Å². The fourth-order valence-corrected chi connectivity index (χ4v) is 3.18. The fraction of sp³-hybridized carbons (Fsp3) is 0.227. The molecular formula is C22H24N4O4S. The standard InChI is InChI=1S/C22H24N4O4S/c1-13-12-24-20(31-13)26-19(27)14-5-10-18(17(23)11-14)29-16-8-6-15(7-9-16)25-21(28)30-22(2,3)4/h5-12H,23H2,1-4H3,(H,25,28)(H,24,26,27). The summed E-state index contributed by atoms with van der Waals surface area (Å²) < 4.78 is 11.0. The second-order valence-electron chi connectivity index (χ2n) is 7.74. The first-order valence-electron chi connectivity index (χ1n) is 9.50. The summed E-state index contributed by atoms with van der Waals surface area (Å²) in [6.07, 6.45) is 1.16. The molecule has 0 fully saturated rings. The largest absolute Gasteiger partial charge is 0.455 e. The van der Waals surface area contributed by atoms with Crippen molar-refractivity contribution < 1.29 is 19.1 Å². The number of aryl methyl sites for hydroxylation is 1. The minimum atomic E-state index is -0.576. The van der Waals surface area contributed by atoms with E-state index in [1.54, 1.807) is 69.4 Å². The van der Waals surface area contributed by atoms with Crippen molar-refractivity contribution in [3.63, 3.8) is 0 Å². The Morgan fingerprint density at radius 2 is 1.77 bits per heavy atom. The predicted octanol–water partition coefficient (Wildman–Crippen LogP) is 5.43. The summed E-state index contributed by atoms with van der Waals surface area (Å²) in [5, 5.41) is 5.92. The number of nitrogens with zero attached hydrogens (tertiary/aromatic N) is 1. The minimum Gasteiger partial charge on any atom is -0.455 e. The predicted molar refractivity (Wildman–Crippen MR) is 122 cm³/mol. The van der Waals surface area contributed by atoms with Gasteiger partial charge in [-0.3, -0.25) is 15.4 Å². The molecule has 0 aliphatic carbocycles. The van der Waals surface area contributed by atoms with Crippen LogP contribution in [0, 0.1) is 6.92 Å². The van der Waals surface area contributed by atoms with E-state index < -0.39 is 11.7 Å². The summed E-state index contributed by atoms with van der Waals surface area (Å²) in [7, 11) is 0. The van der Waals surface area contributed by atoms with Crippen LogP contribution in [0.4, 0.5) is 21.3 Å². The smallest absolute Gasteiger partial charge is 0.412 e. The molecule has 1 heterocycles. The number of nitrogen functional groups attached to an aromatic ring is 1. The number of nitrogens with one attached hydrogen (secondary N) is 2. The number of thiazole rings is 1. The van der Waals surface area contributed by atoms with Gasteiger partial charge in [0.15, 0.2) is 5.13 Å². The van der Waals surface area contributed by atoms with Crippen LogP contribution in [0.5, 0.6) is 11.5 Å². The number of ether oxygens (including phenoxy) is 2. The zero-order chi connectivity index (χ0) is 22.6. The first kappa shape index (κ1) is 22.1. The topological polar surface area (TPSA) is 116 Å². The molecule has 0 radical (unpaired) electrons. The number of aromatic nitrogens is 1. The minimum absolute atomic E-state index is 0.301. The fourth-order valence-electron chi connectivity index (χ4n) is 2.52. The van der Waals surface area contributed by atoms with Gasteiger partial charge in [-0.05, 0) is 70.2 Å². The van der Waals surface area contributed by atoms with E-state index >= 15 is 0 Å². The molecule has 0 spiro atoms. The van der Waals surface area contributed by atoms with Gasteiger partial charge in [-0.1, -0.05) is 0 Å². The van der Waals surface area contributed by atoms with Crippen molar-refractivity contribution in [2.75, 3.05) is 16.4 Å². The lowest BCUT2D eigenvalue weighted by molar-refractivity contribution is 0.0635. The van der Waals surface area contributed by atoms with Gasteiger partial charge < -0.3 is 15.2 Å². The third-order valence-corrected chi connectivity index (χ3v) is 4.67. The van der Waals surface area contributed by atoms with Gasteiger partial charge in [-0.2, -0.15) is 0 Å². The molecule has 0 atom stereocenters. The van der Waals surface area contributed by atoms with Gasteiger partial charge in [0.2, 0.25) is 0 Å². The molecule has 0 aliphatic rings. The second kappa shape index (κ2) is 9.05. The highest BCUT2D eigenvalue weighted by Crippen LogP contribution is 2.29. The van der Waals surface area contributed by atoms with E-state index in [9.17, 15) is 9.59 Å². The maximum absolute atomic E-state index is 12.4. The first-order valence-corrected chi connectivity index (χ1v) is 10.3. The van der Waals surface area contributed by atoms with Crippen molar-refractivity contribution in [3.05, 3.63) is 59.1 Å². The van der Waals surface area contributed by atoms with Gasteiger partial charge in [0, 0.05) is 22.3 Å². The zero-order valence-electron chi connectivity index (χ0n) is 17.7. The number of rotatable bonds is 5. The Balaban J connectivity index is 1.62. The van der Waals surface area contributed by atoms with Crippen molar-refractivity contribution in [3.8, 4) is 11.5 Å². The van der Waals surface area contributed by atoms with Gasteiger partial charge in [-0.15, -0.1) is 11.3 Å². The highest BCUT2D eigenvalue weighted by molar-refractivity contribution is 7.15. The number of hydrogen-bond donors (Lipinski definition) is 3. The van der Waals surface area contributed by atoms with E-state index in [1.165, 1.54) is 11.3 Å². The maximum atomic E-state index is 12.4. The Morgan fingerprint density at radius 1 is 1.06 bits per heavy atom. The van der Waals surface area contributed by atoms with Crippen LogP contribution in [0.3, 0.4) is 0 Å². The summed E-state index contributed by atoms with van der Waals surface area (Å²) in [5.74, 6) is 0.636. The Labute approximate surface area is 184 Å². The molecule has 0 bridgehead atoms. The molecule has 162 valence electrons. The van der Waals surface area contributed by atoms with E-state index in [0.29, 0.717) is 33.6 Å². The molecule has 0 saturated carbocycles. The molecule has 0 saturated heterocycles. The number of carbonyl (C=O) groups is 2. The lowest BCUT2D eigenvalue weighted by atomic mass is 10.1. The number of nitrogens with two attached hydrogens (primary N) is 1. The number of anilines is 3. The number of benzene rings is 2. The van der Waals surface area contributed by atoms with Crippen LogP contribution in [0.25, 0.3) is 0 Å². The maximum Gasteiger partial charge on any atom is 0.412 e. The molecule has 3 aromatic rings. The van der Waals surface area contributed by atoms with Gasteiger partial charge in [0.05, 0.1) is 5.69 Å². The van der Waals surface area contributed by atoms with Crippen molar-refractivity contribution in [2.45, 2.75) is 33.3 Å². The Hall–Kier alpha value is -3.59. The van der Waals surface area contributed by atoms with Crippen LogP contribution in [-0.4, -0.2) is 22.6 Å². The van der Waals surface area contributed by atoms with Crippen LogP contribution in [0.2, 0.25) is 0 Å². The summed E-state index contributed by atoms with van der Waals surface area (Å²) >= 11 is 1.39. The number of hydrogen-bond acceptors (Lipinski definition) is 7. The van der Waals surface area contributed by atoms with Crippen LogP contribution in [0.15, 0.2) is 48.7 Å². The lowest BCUT2D eigenvalue weighted by Crippen LogP contribution is -2.27. The highest BCUT2D eigenvalue weighted by atomic mass is 32.1. The highest BCUT2D eigenvalue weighted by Gasteiger charge is 2.16. The lowest BCUT2D eigenvalue weighted by Gasteiger charge is -2.19. The van der Waals surface area contributed by atoms with E-state index in [2.05, 4.69) is 15.6 Å². The summed E-state index contributed by atoms with van der Waals surface area (Å²) in [5.41, 5.74) is 6.78. The summed E-state index contributed by atoms with van der Waals surface area (Å²) in [6.45, 7) is 7.30. The van der Waals surface area contributed by atoms with Crippen LogP contribution < -0.4 is 21.1 Å². The average molecular weight is 441 g/mol. The zero-order valence-corrected chi connectivity index (χ0v) is 18.5. The molecule has 2 amide bonds. The Morgan fingerprint density at radius 3 is 2.35 bits per heavy atom. The molecule has 8 nitrogen and oxygen atoms in total. The summed E-state index contributed by atoms with van der Waals surface area (Å²) in [6, 6.07) is 11.6. The SMILES string of the molecule is Cc1cnc(NC(=O)c2ccc(Oc3ccc(NC(=O)OC(C)(C)C)cc3)c(N)c2)s1. The second-order valence-corrected chi connectivity index (χ2v) is 8.97. The third-order valence-electron chi connectivity index (χ3n) is 3.84. The molecule has 4 N–H and O–H groups in total. The van der Waals surface area contributed by atoms with Gasteiger partial charge >= 0.3 is 6.09 Å². The van der Waals surface area contributed by atoms with E-state index in [-0.39, 0.29) is 5.91 Å². The normalized spacial score (nSPS) is 11.0. The average Bonchev–Trinajstić information content (AvgIpc) is 3.08. The van der Waals surface area contributed by atoms with E-state index in [0.717, 1.165) is 4.88 Å². The number of amides is 2. The molecular weight excluding hydrogens is 416 g/mol. The summed E-state index contributed by atoms with van der Waals surface area (Å²) in [4.78, 5) is 29.3. The van der Waals surface area contributed by atoms with E-state index in [4.69, 9.17) is 15.2 Å². The van der Waals surface area contributed by atoms with Crippen molar-refractivity contribution in [1.29, 1.82) is 0 Å². The van der Waals surface area contributed by atoms with Gasteiger partial charge in [0.25, 0.3) is 5.91 Å². The third kappa shape index (κ3) is 6.45. The molecule has 1 aromatic heterocycles. The monoisotopic (exact) mass is 440 g/mol. The van der Waals surface area contributed by atoms with Crippen LogP contribution in [-0.2, 0) is 4.74 Å². The quantitative estimate of drug-likeness (QED) is 0.456. The number of carbonyl (C=O) groups excluding carboxylic acids is 2. The first-order chi connectivity index (χ1) is 14.6. The molecule has 31 heavy (non-hydrogen) atoms. The van der Waals surface area contributed by atoms with Crippen molar-refractivity contribution >= 4 is 39.8 Å². The molecule has 0 unspecified atom stereocenters. The Kier molecular flexibility index (Phi) is 6.45. The molecule has 3 rings (SSSR count). The molecule has 9 heteroatoms. The van der Waals surface area contributed by atoms with Crippen LogP contribution in [0.1, 0.15) is 36.0 Å². The van der Waals surface area contributed by atoms with Crippen molar-refractivity contribution in [2.24, 2.45) is 0 Å². The van der Waals surface area contributed by atoms with E-state index in [1.807, 2.05) is 6.92 Å².